The van der Waals surface area contributed by atoms with E-state index in [1.165, 1.54) is 29.8 Å². The molecule has 4 nitrogen and oxygen atoms in total. The minimum Gasteiger partial charge on any atom is -0.308 e. The summed E-state index contributed by atoms with van der Waals surface area (Å²) in [6.07, 6.45) is 3.20. The van der Waals surface area contributed by atoms with E-state index in [1.807, 2.05) is 17.9 Å². The van der Waals surface area contributed by atoms with Gasteiger partial charge in [-0.15, -0.1) is 0 Å². The van der Waals surface area contributed by atoms with E-state index in [4.69, 9.17) is 0 Å². The lowest BCUT2D eigenvalue weighted by molar-refractivity contribution is 0.320. The van der Waals surface area contributed by atoms with Crippen LogP contribution in [0.25, 0.3) is 0 Å². The Kier molecular flexibility index (Phi) is 4.36. The van der Waals surface area contributed by atoms with Crippen molar-refractivity contribution in [3.63, 3.8) is 0 Å². The van der Waals surface area contributed by atoms with Crippen LogP contribution in [0.5, 0.6) is 0 Å². The van der Waals surface area contributed by atoms with Crippen molar-refractivity contribution in [2.75, 3.05) is 13.1 Å². The Morgan fingerprint density at radius 3 is 2.81 bits per heavy atom. The van der Waals surface area contributed by atoms with Gasteiger partial charge in [-0.2, -0.15) is 5.10 Å². The molecule has 0 amide bonds. The van der Waals surface area contributed by atoms with Crippen LogP contribution in [-0.4, -0.2) is 33.8 Å². The van der Waals surface area contributed by atoms with Crippen molar-refractivity contribution >= 4 is 0 Å². The van der Waals surface area contributed by atoms with Crippen molar-refractivity contribution < 1.29 is 0 Å². The molecular formula is C17H24N4. The van der Waals surface area contributed by atoms with Crippen LogP contribution in [0.15, 0.2) is 36.5 Å². The van der Waals surface area contributed by atoms with E-state index in [1.54, 1.807) is 0 Å². The SMILES string of the molecule is Cc1c(CNC2CCN(Cc3ccccc3)C2)cnn1C. The van der Waals surface area contributed by atoms with E-state index in [0.717, 1.165) is 19.6 Å². The van der Waals surface area contributed by atoms with Crippen LogP contribution in [0, 0.1) is 6.92 Å². The molecule has 1 N–H and O–H groups in total. The van der Waals surface area contributed by atoms with Crippen molar-refractivity contribution in [3.8, 4) is 0 Å². The highest BCUT2D eigenvalue weighted by atomic mass is 15.3. The van der Waals surface area contributed by atoms with E-state index in [9.17, 15) is 0 Å². The van der Waals surface area contributed by atoms with Gasteiger partial charge in [-0.05, 0) is 18.9 Å². The molecular weight excluding hydrogens is 260 g/mol. The van der Waals surface area contributed by atoms with Gasteiger partial charge in [-0.3, -0.25) is 9.58 Å². The number of rotatable bonds is 5. The van der Waals surface area contributed by atoms with Crippen molar-refractivity contribution in [2.45, 2.75) is 32.5 Å². The van der Waals surface area contributed by atoms with Crippen LogP contribution in [0.3, 0.4) is 0 Å². The summed E-state index contributed by atoms with van der Waals surface area (Å²) in [5.74, 6) is 0. The van der Waals surface area contributed by atoms with Crippen molar-refractivity contribution in [1.82, 2.24) is 20.0 Å². The molecule has 1 unspecified atom stereocenters. The van der Waals surface area contributed by atoms with Crippen LogP contribution in [0.4, 0.5) is 0 Å². The zero-order valence-corrected chi connectivity index (χ0v) is 12.9. The van der Waals surface area contributed by atoms with Gasteiger partial charge in [0, 0.05) is 50.5 Å². The molecule has 112 valence electrons. The van der Waals surface area contributed by atoms with Gasteiger partial charge in [-0.1, -0.05) is 30.3 Å². The Morgan fingerprint density at radius 1 is 1.29 bits per heavy atom. The fourth-order valence-corrected chi connectivity index (χ4v) is 2.96. The zero-order valence-electron chi connectivity index (χ0n) is 12.9. The smallest absolute Gasteiger partial charge is 0.0537 e. The minimum absolute atomic E-state index is 0.591. The molecule has 0 saturated carbocycles. The van der Waals surface area contributed by atoms with E-state index in [0.29, 0.717) is 6.04 Å². The molecule has 0 bridgehead atoms. The molecule has 1 aliphatic rings. The molecule has 2 heterocycles. The first-order valence-electron chi connectivity index (χ1n) is 7.69. The third-order valence-corrected chi connectivity index (χ3v) is 4.44. The van der Waals surface area contributed by atoms with Crippen LogP contribution < -0.4 is 5.32 Å². The second-order valence-corrected chi connectivity index (χ2v) is 5.97. The summed E-state index contributed by atoms with van der Waals surface area (Å²) in [4.78, 5) is 2.53. The van der Waals surface area contributed by atoms with Gasteiger partial charge < -0.3 is 5.32 Å². The number of aryl methyl sites for hydroxylation is 1. The Bertz CT molecular complexity index is 576. The van der Waals surface area contributed by atoms with Gasteiger partial charge in [0.15, 0.2) is 0 Å². The highest BCUT2D eigenvalue weighted by Gasteiger charge is 2.22. The maximum Gasteiger partial charge on any atom is 0.0537 e. The Labute approximate surface area is 126 Å². The van der Waals surface area contributed by atoms with Crippen LogP contribution >= 0.6 is 0 Å². The van der Waals surface area contributed by atoms with Crippen molar-refractivity contribution in [1.29, 1.82) is 0 Å². The number of likely N-dealkylation sites (tertiary alicyclic amines) is 1. The molecule has 1 aromatic heterocycles. The monoisotopic (exact) mass is 284 g/mol. The lowest BCUT2D eigenvalue weighted by Crippen LogP contribution is -2.32. The third-order valence-electron chi connectivity index (χ3n) is 4.44. The lowest BCUT2D eigenvalue weighted by Gasteiger charge is -2.16. The van der Waals surface area contributed by atoms with Gasteiger partial charge in [0.1, 0.15) is 0 Å². The maximum atomic E-state index is 4.30. The summed E-state index contributed by atoms with van der Waals surface area (Å²) in [5.41, 5.74) is 3.96. The summed E-state index contributed by atoms with van der Waals surface area (Å²) in [6, 6.07) is 11.3. The summed E-state index contributed by atoms with van der Waals surface area (Å²) in [7, 11) is 2.00. The molecule has 0 radical (unpaired) electrons. The topological polar surface area (TPSA) is 33.1 Å². The lowest BCUT2D eigenvalue weighted by atomic mass is 10.2. The first kappa shape index (κ1) is 14.3. The number of nitrogens with one attached hydrogen (secondary N) is 1. The maximum absolute atomic E-state index is 4.30. The Hall–Kier alpha value is -1.65. The summed E-state index contributed by atoms with van der Waals surface area (Å²) in [6.45, 7) is 6.42. The summed E-state index contributed by atoms with van der Waals surface area (Å²) in [5, 5.41) is 7.97. The quantitative estimate of drug-likeness (QED) is 0.912. The molecule has 1 saturated heterocycles. The van der Waals surface area contributed by atoms with E-state index in [2.05, 4.69) is 52.6 Å². The van der Waals surface area contributed by atoms with Gasteiger partial charge in [0.25, 0.3) is 0 Å². The molecule has 0 aliphatic carbocycles. The molecule has 0 spiro atoms. The van der Waals surface area contributed by atoms with Crippen molar-refractivity contribution in [3.05, 3.63) is 53.3 Å². The first-order valence-corrected chi connectivity index (χ1v) is 7.69. The number of aromatic nitrogens is 2. The molecule has 2 aromatic rings. The molecule has 4 heteroatoms. The standard InChI is InChI=1S/C17H24N4/c1-14-16(11-19-20(14)2)10-18-17-8-9-21(13-17)12-15-6-4-3-5-7-15/h3-7,11,17-18H,8-10,12-13H2,1-2H3. The fourth-order valence-electron chi connectivity index (χ4n) is 2.96. The molecule has 1 fully saturated rings. The van der Waals surface area contributed by atoms with E-state index in [-0.39, 0.29) is 0 Å². The van der Waals surface area contributed by atoms with Gasteiger partial charge in [0.05, 0.1) is 6.20 Å². The summed E-state index contributed by atoms with van der Waals surface area (Å²) >= 11 is 0. The summed E-state index contributed by atoms with van der Waals surface area (Å²) < 4.78 is 1.94. The highest BCUT2D eigenvalue weighted by Crippen LogP contribution is 2.14. The average Bonchev–Trinajstić information content (AvgIpc) is 3.07. The normalized spacial score (nSPS) is 19.2. The molecule has 21 heavy (non-hydrogen) atoms. The van der Waals surface area contributed by atoms with Crippen molar-refractivity contribution in [2.24, 2.45) is 7.05 Å². The molecule has 1 aliphatic heterocycles. The predicted molar refractivity (Wildman–Crippen MR) is 84.9 cm³/mol. The van der Waals surface area contributed by atoms with Gasteiger partial charge in [-0.25, -0.2) is 0 Å². The highest BCUT2D eigenvalue weighted by molar-refractivity contribution is 5.16. The predicted octanol–water partition coefficient (Wildman–Crippen LogP) is 2.09. The molecule has 3 rings (SSSR count). The van der Waals surface area contributed by atoms with Crippen LogP contribution in [-0.2, 0) is 20.1 Å². The second-order valence-electron chi connectivity index (χ2n) is 5.97. The van der Waals surface area contributed by atoms with E-state index < -0.39 is 0 Å². The molecule has 1 atom stereocenters. The van der Waals surface area contributed by atoms with Gasteiger partial charge in [0.2, 0.25) is 0 Å². The molecule has 1 aromatic carbocycles. The minimum atomic E-state index is 0.591. The second kappa shape index (κ2) is 6.41. The Morgan fingerprint density at radius 2 is 2.10 bits per heavy atom. The fraction of sp³-hybridized carbons (Fsp3) is 0.471. The number of hydrogen-bond acceptors (Lipinski definition) is 3. The number of benzene rings is 1. The van der Waals surface area contributed by atoms with Gasteiger partial charge >= 0.3 is 0 Å². The zero-order chi connectivity index (χ0) is 14.7. The number of nitrogens with zero attached hydrogens (tertiary/aromatic N) is 3. The Balaban J connectivity index is 1.48. The van der Waals surface area contributed by atoms with Crippen LogP contribution in [0.2, 0.25) is 0 Å². The van der Waals surface area contributed by atoms with E-state index >= 15 is 0 Å². The first-order chi connectivity index (χ1) is 10.2. The third kappa shape index (κ3) is 3.52. The number of hydrogen-bond donors (Lipinski definition) is 1. The average molecular weight is 284 g/mol. The van der Waals surface area contributed by atoms with Crippen LogP contribution in [0.1, 0.15) is 23.2 Å². The largest absolute Gasteiger partial charge is 0.308 e.